The van der Waals surface area contributed by atoms with Crippen LogP contribution in [-0.2, 0) is 20.9 Å². The van der Waals surface area contributed by atoms with Gasteiger partial charge in [0.05, 0.1) is 5.41 Å². The van der Waals surface area contributed by atoms with Crippen LogP contribution < -0.4 is 14.8 Å². The fourth-order valence-electron chi connectivity index (χ4n) is 6.11. The van der Waals surface area contributed by atoms with Gasteiger partial charge in [-0.15, -0.1) is 11.6 Å². The number of benzene rings is 1. The molecule has 6 rings (SSSR count). The smallest absolute Gasteiger partial charge is 0.312 e. The summed E-state index contributed by atoms with van der Waals surface area (Å²) in [7, 11) is 0. The number of amides is 1. The molecular weight excluding hydrogens is 394 g/mol. The van der Waals surface area contributed by atoms with Crippen molar-refractivity contribution in [2.45, 2.75) is 63.0 Å². The molecule has 156 valence electrons. The second-order valence-electron chi connectivity index (χ2n) is 9.35. The Morgan fingerprint density at radius 2 is 1.93 bits per heavy atom. The molecule has 1 heterocycles. The lowest BCUT2D eigenvalue weighted by Gasteiger charge is -2.58. The van der Waals surface area contributed by atoms with Gasteiger partial charge in [0.1, 0.15) is 0 Å². The van der Waals surface area contributed by atoms with E-state index in [0.717, 1.165) is 31.2 Å². The number of ether oxygens (including phenoxy) is 3. The molecule has 4 fully saturated rings. The second-order valence-corrected chi connectivity index (χ2v) is 10.1. The van der Waals surface area contributed by atoms with E-state index >= 15 is 0 Å². The number of carbonyl (C=O) groups excluding carboxylic acids is 2. The fourth-order valence-corrected chi connectivity index (χ4v) is 6.80. The highest BCUT2D eigenvalue weighted by atomic mass is 35.5. The van der Waals surface area contributed by atoms with Crippen molar-refractivity contribution in [1.29, 1.82) is 0 Å². The third kappa shape index (κ3) is 3.45. The molecule has 1 aliphatic heterocycles. The molecule has 6 nitrogen and oxygen atoms in total. The zero-order valence-electron chi connectivity index (χ0n) is 16.5. The largest absolute Gasteiger partial charge is 0.454 e. The normalized spacial score (nSPS) is 34.7. The van der Waals surface area contributed by atoms with Crippen molar-refractivity contribution in [3.8, 4) is 11.5 Å². The van der Waals surface area contributed by atoms with E-state index in [1.165, 1.54) is 6.42 Å². The van der Waals surface area contributed by atoms with E-state index in [2.05, 4.69) is 5.32 Å². The lowest BCUT2D eigenvalue weighted by Crippen LogP contribution is -2.57. The first kappa shape index (κ1) is 19.0. The van der Waals surface area contributed by atoms with Crippen LogP contribution in [0.2, 0.25) is 0 Å². The van der Waals surface area contributed by atoms with Gasteiger partial charge in [-0.1, -0.05) is 6.07 Å². The van der Waals surface area contributed by atoms with Crippen molar-refractivity contribution in [3.63, 3.8) is 0 Å². The molecule has 0 spiro atoms. The molecule has 5 aliphatic rings. The van der Waals surface area contributed by atoms with Gasteiger partial charge in [-0.2, -0.15) is 0 Å². The number of carbonyl (C=O) groups is 2. The summed E-state index contributed by atoms with van der Waals surface area (Å²) in [5.41, 5.74) is 0.392. The Morgan fingerprint density at radius 1 is 1.21 bits per heavy atom. The summed E-state index contributed by atoms with van der Waals surface area (Å²) >= 11 is 6.82. The number of nitrogens with one attached hydrogen (secondary N) is 1. The Bertz CT molecular complexity index is 842. The molecule has 4 saturated carbocycles. The van der Waals surface area contributed by atoms with Crippen LogP contribution in [0, 0.1) is 17.3 Å². The highest BCUT2D eigenvalue weighted by molar-refractivity contribution is 6.24. The fraction of sp³-hybridized carbons (Fsp3) is 0.636. The van der Waals surface area contributed by atoms with Crippen LogP contribution in [0.15, 0.2) is 18.2 Å². The van der Waals surface area contributed by atoms with E-state index in [9.17, 15) is 9.59 Å². The minimum atomic E-state index is -0.837. The number of fused-ring (bicyclic) bond motifs is 1. The molecule has 0 radical (unpaired) electrons. The summed E-state index contributed by atoms with van der Waals surface area (Å²) in [6, 6.07) is 5.54. The van der Waals surface area contributed by atoms with Crippen molar-refractivity contribution in [2.24, 2.45) is 17.3 Å². The zero-order valence-corrected chi connectivity index (χ0v) is 17.3. The average molecular weight is 420 g/mol. The predicted molar refractivity (Wildman–Crippen MR) is 106 cm³/mol. The predicted octanol–water partition coefficient (Wildman–Crippen LogP) is 3.54. The molecule has 0 saturated heterocycles. The van der Waals surface area contributed by atoms with Crippen molar-refractivity contribution >= 4 is 23.5 Å². The van der Waals surface area contributed by atoms with Crippen LogP contribution in [0.1, 0.15) is 51.0 Å². The molecule has 1 aromatic carbocycles. The second kappa shape index (κ2) is 6.79. The quantitative estimate of drug-likeness (QED) is 0.583. The Hall–Kier alpha value is -1.95. The molecule has 0 aromatic heterocycles. The van der Waals surface area contributed by atoms with Crippen molar-refractivity contribution in [3.05, 3.63) is 23.8 Å². The van der Waals surface area contributed by atoms with Crippen molar-refractivity contribution < 1.29 is 23.8 Å². The van der Waals surface area contributed by atoms with Gasteiger partial charge in [0.15, 0.2) is 17.6 Å². The Kier molecular flexibility index (Phi) is 4.46. The van der Waals surface area contributed by atoms with Gasteiger partial charge < -0.3 is 19.5 Å². The molecule has 1 N–H and O–H groups in total. The lowest BCUT2D eigenvalue weighted by atomic mass is 9.49. The average Bonchev–Trinajstić information content (AvgIpc) is 3.11. The van der Waals surface area contributed by atoms with Crippen molar-refractivity contribution in [1.82, 2.24) is 5.32 Å². The van der Waals surface area contributed by atoms with Crippen LogP contribution in [0.3, 0.4) is 0 Å². The van der Waals surface area contributed by atoms with E-state index in [1.807, 2.05) is 18.2 Å². The summed E-state index contributed by atoms with van der Waals surface area (Å²) < 4.78 is 16.3. The number of alkyl halides is 1. The van der Waals surface area contributed by atoms with Crippen LogP contribution >= 0.6 is 11.6 Å². The molecule has 1 amide bonds. The van der Waals surface area contributed by atoms with Crippen LogP contribution in [0.5, 0.6) is 11.5 Å². The number of esters is 1. The first-order valence-electron chi connectivity index (χ1n) is 10.4. The Morgan fingerprint density at radius 3 is 2.66 bits per heavy atom. The van der Waals surface area contributed by atoms with Gasteiger partial charge in [0.2, 0.25) is 6.79 Å². The maximum atomic E-state index is 13.1. The molecular formula is C22H26ClNO5. The third-order valence-corrected chi connectivity index (χ3v) is 7.42. The molecule has 4 aliphatic carbocycles. The topological polar surface area (TPSA) is 73.9 Å². The van der Waals surface area contributed by atoms with Gasteiger partial charge >= 0.3 is 5.97 Å². The first-order valence-corrected chi connectivity index (χ1v) is 10.8. The lowest BCUT2D eigenvalue weighted by molar-refractivity contribution is -0.177. The van der Waals surface area contributed by atoms with E-state index < -0.39 is 11.5 Å². The number of halogens is 1. The molecule has 4 bridgehead atoms. The molecule has 29 heavy (non-hydrogen) atoms. The van der Waals surface area contributed by atoms with E-state index in [4.69, 9.17) is 25.8 Å². The highest BCUT2D eigenvalue weighted by Gasteiger charge is 2.61. The molecule has 1 aromatic rings. The maximum absolute atomic E-state index is 13.1. The monoisotopic (exact) mass is 419 g/mol. The van der Waals surface area contributed by atoms with Gasteiger partial charge in [0, 0.05) is 11.4 Å². The minimum absolute atomic E-state index is 0.213. The number of rotatable bonds is 5. The SMILES string of the molecule is C[C@H](OC(=O)C12C[C@H]3C[C@@H](CC(Cl)(C3)C1)C2)C(=O)NCc1ccc2c(c1)OCO2. The minimum Gasteiger partial charge on any atom is -0.454 e. The Labute approximate surface area is 175 Å². The van der Waals surface area contributed by atoms with E-state index in [0.29, 0.717) is 36.3 Å². The van der Waals surface area contributed by atoms with Gasteiger partial charge in [-0.05, 0) is 75.0 Å². The van der Waals surface area contributed by atoms with Crippen LogP contribution in [-0.4, -0.2) is 29.6 Å². The van der Waals surface area contributed by atoms with Crippen LogP contribution in [0.25, 0.3) is 0 Å². The summed E-state index contributed by atoms with van der Waals surface area (Å²) in [6.45, 7) is 2.17. The molecule has 7 heteroatoms. The highest BCUT2D eigenvalue weighted by Crippen LogP contribution is 2.64. The number of hydrogen-bond acceptors (Lipinski definition) is 5. The number of hydrogen-bond donors (Lipinski definition) is 1. The first-order chi connectivity index (χ1) is 13.8. The summed E-state index contributed by atoms with van der Waals surface area (Å²) in [5, 5.41) is 2.84. The summed E-state index contributed by atoms with van der Waals surface area (Å²) in [6.07, 6.45) is 4.73. The maximum Gasteiger partial charge on any atom is 0.312 e. The summed E-state index contributed by atoms with van der Waals surface area (Å²) in [5.74, 6) is 1.85. The van der Waals surface area contributed by atoms with Gasteiger partial charge in [-0.25, -0.2) is 0 Å². The van der Waals surface area contributed by atoms with Crippen LogP contribution in [0.4, 0.5) is 0 Å². The molecule has 3 atom stereocenters. The standard InChI is InChI=1S/C22H26ClNO5/c1-13(19(25)24-10-14-2-3-17-18(5-14)28-12-27-17)29-20(26)21-6-15-4-16(7-21)9-22(23,8-15)11-21/h2-3,5,13,15-16H,4,6-12H2,1H3,(H,24,25)/t13-,15+,16+,21?,22?/m0/s1. The van der Waals surface area contributed by atoms with Gasteiger partial charge in [0.25, 0.3) is 5.91 Å². The summed E-state index contributed by atoms with van der Waals surface area (Å²) in [4.78, 5) is 25.3. The third-order valence-electron chi connectivity index (χ3n) is 6.98. The van der Waals surface area contributed by atoms with Crippen molar-refractivity contribution in [2.75, 3.05) is 6.79 Å². The van der Waals surface area contributed by atoms with E-state index in [1.54, 1.807) is 6.92 Å². The molecule has 0 unspecified atom stereocenters. The zero-order chi connectivity index (χ0) is 20.2. The van der Waals surface area contributed by atoms with E-state index in [-0.39, 0.29) is 23.5 Å². The Balaban J connectivity index is 1.18. The van der Waals surface area contributed by atoms with Gasteiger partial charge in [-0.3, -0.25) is 9.59 Å².